The summed E-state index contributed by atoms with van der Waals surface area (Å²) in [5.74, 6) is 0.199. The molecule has 2 aromatic carbocycles. The second kappa shape index (κ2) is 8.65. The quantitative estimate of drug-likeness (QED) is 0.731. The maximum atomic E-state index is 12.6. The Bertz CT molecular complexity index is 826. The molecule has 2 amide bonds. The molecule has 0 bridgehead atoms. The first-order valence-electron chi connectivity index (χ1n) is 9.50. The summed E-state index contributed by atoms with van der Waals surface area (Å²) in [6.07, 6.45) is 4.43. The number of nitrogens with one attached hydrogen (secondary N) is 2. The van der Waals surface area contributed by atoms with Crippen molar-refractivity contribution in [2.45, 2.75) is 51.2 Å². The van der Waals surface area contributed by atoms with Crippen LogP contribution in [-0.4, -0.2) is 23.5 Å². The molecule has 0 atom stereocenters. The van der Waals surface area contributed by atoms with Crippen LogP contribution in [0.2, 0.25) is 5.02 Å². The molecule has 148 valence electrons. The van der Waals surface area contributed by atoms with Gasteiger partial charge in [-0.05, 0) is 75.2 Å². The maximum Gasteiger partial charge on any atom is 0.267 e. The van der Waals surface area contributed by atoms with Crippen LogP contribution in [0.4, 0.5) is 5.69 Å². The van der Waals surface area contributed by atoms with E-state index in [1.165, 1.54) is 12.8 Å². The molecule has 0 heterocycles. The molecule has 2 N–H and O–H groups in total. The van der Waals surface area contributed by atoms with E-state index in [9.17, 15) is 9.59 Å². The van der Waals surface area contributed by atoms with Crippen LogP contribution >= 0.6 is 11.6 Å². The van der Waals surface area contributed by atoms with E-state index in [1.807, 2.05) is 0 Å². The topological polar surface area (TPSA) is 67.4 Å². The number of benzene rings is 2. The highest BCUT2D eigenvalue weighted by atomic mass is 35.5. The Morgan fingerprint density at radius 3 is 2.21 bits per heavy atom. The molecule has 1 saturated carbocycles. The van der Waals surface area contributed by atoms with Gasteiger partial charge in [0.1, 0.15) is 5.75 Å². The average Bonchev–Trinajstić information content (AvgIpc) is 3.17. The maximum absolute atomic E-state index is 12.6. The van der Waals surface area contributed by atoms with E-state index in [0.717, 1.165) is 12.8 Å². The van der Waals surface area contributed by atoms with Crippen molar-refractivity contribution in [2.24, 2.45) is 0 Å². The lowest BCUT2D eigenvalue weighted by Crippen LogP contribution is -2.42. The number of ether oxygens (including phenoxy) is 1. The summed E-state index contributed by atoms with van der Waals surface area (Å²) in [5, 5.41) is 6.49. The zero-order valence-corrected chi connectivity index (χ0v) is 16.9. The van der Waals surface area contributed by atoms with Gasteiger partial charge in [-0.25, -0.2) is 0 Å². The van der Waals surface area contributed by atoms with Crippen LogP contribution in [0.5, 0.6) is 5.75 Å². The van der Waals surface area contributed by atoms with Gasteiger partial charge in [0.25, 0.3) is 11.8 Å². The van der Waals surface area contributed by atoms with Crippen LogP contribution in [0.1, 0.15) is 49.9 Å². The van der Waals surface area contributed by atoms with Crippen molar-refractivity contribution >= 4 is 29.1 Å². The Balaban J connectivity index is 1.58. The Morgan fingerprint density at radius 2 is 1.61 bits per heavy atom. The van der Waals surface area contributed by atoms with Crippen LogP contribution in [0, 0.1) is 0 Å². The third kappa shape index (κ3) is 5.26. The fraction of sp³-hybridized carbons (Fsp3) is 0.364. The molecular weight excluding hydrogens is 376 g/mol. The van der Waals surface area contributed by atoms with Gasteiger partial charge in [0.2, 0.25) is 0 Å². The molecule has 1 aliphatic rings. The fourth-order valence-corrected chi connectivity index (χ4v) is 3.30. The third-order valence-corrected chi connectivity index (χ3v) is 5.08. The average molecular weight is 401 g/mol. The van der Waals surface area contributed by atoms with Crippen LogP contribution in [0.3, 0.4) is 0 Å². The van der Waals surface area contributed by atoms with Crippen molar-refractivity contribution < 1.29 is 14.3 Å². The summed E-state index contributed by atoms with van der Waals surface area (Å²) < 4.78 is 5.79. The van der Waals surface area contributed by atoms with Crippen molar-refractivity contribution in [3.05, 3.63) is 59.1 Å². The van der Waals surface area contributed by atoms with Gasteiger partial charge in [-0.1, -0.05) is 24.4 Å². The summed E-state index contributed by atoms with van der Waals surface area (Å²) in [6.45, 7) is 3.39. The molecule has 3 rings (SSSR count). The lowest BCUT2D eigenvalue weighted by molar-refractivity contribution is -0.128. The number of carbonyl (C=O) groups is 2. The Labute approximate surface area is 170 Å². The van der Waals surface area contributed by atoms with Crippen LogP contribution in [0.25, 0.3) is 0 Å². The van der Waals surface area contributed by atoms with Gasteiger partial charge in [0.15, 0.2) is 5.60 Å². The molecule has 0 spiro atoms. The largest absolute Gasteiger partial charge is 0.478 e. The Kier molecular flexibility index (Phi) is 6.25. The first kappa shape index (κ1) is 20.2. The van der Waals surface area contributed by atoms with Crippen LogP contribution in [-0.2, 0) is 4.79 Å². The van der Waals surface area contributed by atoms with Crippen LogP contribution in [0.15, 0.2) is 48.5 Å². The molecular formula is C22H25ClN2O3. The molecule has 0 aromatic heterocycles. The molecule has 0 aliphatic heterocycles. The number of halogens is 1. The van der Waals surface area contributed by atoms with E-state index < -0.39 is 5.60 Å². The van der Waals surface area contributed by atoms with E-state index in [2.05, 4.69) is 10.6 Å². The Hall–Kier alpha value is -2.53. The highest BCUT2D eigenvalue weighted by Gasteiger charge is 2.30. The minimum atomic E-state index is -1.08. The molecule has 0 unspecified atom stereocenters. The highest BCUT2D eigenvalue weighted by molar-refractivity contribution is 6.30. The second-order valence-electron chi connectivity index (χ2n) is 7.55. The first-order chi connectivity index (χ1) is 13.3. The van der Waals surface area contributed by atoms with E-state index in [4.69, 9.17) is 16.3 Å². The van der Waals surface area contributed by atoms with Crippen LogP contribution < -0.4 is 15.4 Å². The lowest BCUT2D eigenvalue weighted by atomic mass is 10.1. The number of carbonyl (C=O) groups excluding carboxylic acids is 2. The Morgan fingerprint density at radius 1 is 1.00 bits per heavy atom. The lowest BCUT2D eigenvalue weighted by Gasteiger charge is -2.25. The number of anilines is 1. The summed E-state index contributed by atoms with van der Waals surface area (Å²) in [7, 11) is 0. The van der Waals surface area contributed by atoms with Gasteiger partial charge in [-0.2, -0.15) is 0 Å². The monoisotopic (exact) mass is 400 g/mol. The van der Waals surface area contributed by atoms with E-state index in [1.54, 1.807) is 62.4 Å². The molecule has 2 aromatic rings. The number of hydrogen-bond acceptors (Lipinski definition) is 3. The molecule has 0 radical (unpaired) electrons. The normalized spacial score (nSPS) is 14.5. The van der Waals surface area contributed by atoms with Gasteiger partial charge in [-0.3, -0.25) is 9.59 Å². The third-order valence-electron chi connectivity index (χ3n) is 4.83. The summed E-state index contributed by atoms with van der Waals surface area (Å²) in [6, 6.07) is 14.0. The van der Waals surface area contributed by atoms with Crippen molar-refractivity contribution in [1.29, 1.82) is 0 Å². The fourth-order valence-electron chi connectivity index (χ4n) is 3.17. The molecule has 1 aliphatic carbocycles. The molecule has 5 nitrogen and oxygen atoms in total. The van der Waals surface area contributed by atoms with Crippen molar-refractivity contribution in [2.75, 3.05) is 5.32 Å². The number of rotatable bonds is 6. The number of hydrogen-bond donors (Lipinski definition) is 2. The predicted octanol–water partition coefficient (Wildman–Crippen LogP) is 4.81. The first-order valence-corrected chi connectivity index (χ1v) is 9.88. The smallest absolute Gasteiger partial charge is 0.267 e. The summed E-state index contributed by atoms with van der Waals surface area (Å²) in [4.78, 5) is 24.9. The summed E-state index contributed by atoms with van der Waals surface area (Å²) >= 11 is 5.87. The second-order valence-corrected chi connectivity index (χ2v) is 7.99. The highest BCUT2D eigenvalue weighted by Crippen LogP contribution is 2.23. The van der Waals surface area contributed by atoms with Gasteiger partial charge in [-0.15, -0.1) is 0 Å². The minimum Gasteiger partial charge on any atom is -0.478 e. The van der Waals surface area contributed by atoms with Gasteiger partial charge < -0.3 is 15.4 Å². The zero-order valence-electron chi connectivity index (χ0n) is 16.1. The predicted molar refractivity (Wildman–Crippen MR) is 111 cm³/mol. The summed E-state index contributed by atoms with van der Waals surface area (Å²) in [5.41, 5.74) is 0.114. The van der Waals surface area contributed by atoms with Crippen molar-refractivity contribution in [3.8, 4) is 5.75 Å². The van der Waals surface area contributed by atoms with Gasteiger partial charge in [0, 0.05) is 22.3 Å². The number of amides is 2. The van der Waals surface area contributed by atoms with E-state index in [-0.39, 0.29) is 17.9 Å². The molecule has 6 heteroatoms. The molecule has 1 fully saturated rings. The van der Waals surface area contributed by atoms with Crippen molar-refractivity contribution in [3.63, 3.8) is 0 Å². The molecule has 28 heavy (non-hydrogen) atoms. The standard InChI is InChI=1S/C22H25ClN2O3/c1-22(2,28-19-13-9-16(23)10-14-19)21(27)25-18-11-7-15(8-12-18)20(26)24-17-5-3-4-6-17/h7-14,17H,3-6H2,1-2H3,(H,24,26)(H,25,27). The van der Waals surface area contributed by atoms with Gasteiger partial charge >= 0.3 is 0 Å². The van der Waals surface area contributed by atoms with E-state index >= 15 is 0 Å². The minimum absolute atomic E-state index is 0.0730. The molecule has 0 saturated heterocycles. The van der Waals surface area contributed by atoms with Crippen molar-refractivity contribution in [1.82, 2.24) is 5.32 Å². The SMILES string of the molecule is CC(C)(Oc1ccc(Cl)cc1)C(=O)Nc1ccc(C(=O)NC2CCCC2)cc1. The van der Waals surface area contributed by atoms with Gasteiger partial charge in [0.05, 0.1) is 0 Å². The zero-order chi connectivity index (χ0) is 20.1. The van der Waals surface area contributed by atoms with E-state index in [0.29, 0.717) is 22.0 Å².